The Balaban J connectivity index is 1.82. The van der Waals surface area contributed by atoms with Crippen molar-refractivity contribution in [3.8, 4) is 11.5 Å². The second-order valence-electron chi connectivity index (χ2n) is 7.06. The molecular formula is C20H27N5O. The van der Waals surface area contributed by atoms with Gasteiger partial charge in [0.05, 0.1) is 0 Å². The summed E-state index contributed by atoms with van der Waals surface area (Å²) in [6.07, 6.45) is 4.65. The molecule has 0 aliphatic carbocycles. The van der Waals surface area contributed by atoms with Crippen LogP contribution in [0.1, 0.15) is 39.3 Å². The van der Waals surface area contributed by atoms with Gasteiger partial charge in [0.25, 0.3) is 0 Å². The fraction of sp³-hybridized carbons (Fsp3) is 0.500. The third kappa shape index (κ3) is 4.36. The maximum atomic E-state index is 12.0. The first kappa shape index (κ1) is 18.3. The standard InChI is InChI=1S/C20H27N5O/c1-4-15-12-18(24-19(22-15)17-9-5-6-10-21-17)25-11-7-8-16(13-25)23-20(26)14(2)3/h5-6,9-10,12,14,16H,4,7-8,11,13H2,1-3H3,(H,23,26). The van der Waals surface area contributed by atoms with Crippen molar-refractivity contribution in [1.29, 1.82) is 0 Å². The molecule has 1 atom stereocenters. The first-order valence-electron chi connectivity index (χ1n) is 9.41. The van der Waals surface area contributed by atoms with E-state index in [0.29, 0.717) is 5.82 Å². The molecule has 6 nitrogen and oxygen atoms in total. The summed E-state index contributed by atoms with van der Waals surface area (Å²) in [6, 6.07) is 7.99. The SMILES string of the molecule is CCc1cc(N2CCCC(NC(=O)C(C)C)C2)nc(-c2ccccn2)n1. The van der Waals surface area contributed by atoms with E-state index in [1.807, 2.05) is 32.0 Å². The van der Waals surface area contributed by atoms with Crippen molar-refractivity contribution in [2.45, 2.75) is 46.1 Å². The van der Waals surface area contributed by atoms with E-state index in [1.54, 1.807) is 6.20 Å². The van der Waals surface area contributed by atoms with Crippen LogP contribution in [0.5, 0.6) is 0 Å². The van der Waals surface area contributed by atoms with Crippen molar-refractivity contribution in [3.63, 3.8) is 0 Å². The van der Waals surface area contributed by atoms with Crippen LogP contribution in [-0.2, 0) is 11.2 Å². The monoisotopic (exact) mass is 353 g/mol. The molecule has 6 heteroatoms. The van der Waals surface area contributed by atoms with E-state index in [0.717, 1.165) is 49.6 Å². The maximum Gasteiger partial charge on any atom is 0.222 e. The topological polar surface area (TPSA) is 71.0 Å². The molecule has 1 aliphatic rings. The first-order valence-corrected chi connectivity index (χ1v) is 9.41. The number of hydrogen-bond acceptors (Lipinski definition) is 5. The molecule has 0 aromatic carbocycles. The van der Waals surface area contributed by atoms with E-state index in [2.05, 4.69) is 33.2 Å². The highest BCUT2D eigenvalue weighted by atomic mass is 16.1. The van der Waals surface area contributed by atoms with E-state index >= 15 is 0 Å². The fourth-order valence-corrected chi connectivity index (χ4v) is 3.11. The van der Waals surface area contributed by atoms with E-state index in [1.165, 1.54) is 0 Å². The van der Waals surface area contributed by atoms with Crippen LogP contribution in [0.3, 0.4) is 0 Å². The summed E-state index contributed by atoms with van der Waals surface area (Å²) in [4.78, 5) is 28.1. The van der Waals surface area contributed by atoms with Crippen LogP contribution >= 0.6 is 0 Å². The number of amides is 1. The maximum absolute atomic E-state index is 12.0. The molecule has 0 saturated carbocycles. The number of anilines is 1. The van der Waals surface area contributed by atoms with E-state index in [-0.39, 0.29) is 17.9 Å². The summed E-state index contributed by atoms with van der Waals surface area (Å²) in [7, 11) is 0. The highest BCUT2D eigenvalue weighted by Gasteiger charge is 2.24. The molecule has 0 radical (unpaired) electrons. The summed E-state index contributed by atoms with van der Waals surface area (Å²) in [5.41, 5.74) is 1.79. The molecule has 1 N–H and O–H groups in total. The molecule has 1 fully saturated rings. The Morgan fingerprint density at radius 1 is 1.35 bits per heavy atom. The predicted molar refractivity (Wildman–Crippen MR) is 103 cm³/mol. The summed E-state index contributed by atoms with van der Waals surface area (Å²) >= 11 is 0. The fourth-order valence-electron chi connectivity index (χ4n) is 3.11. The number of piperidine rings is 1. The lowest BCUT2D eigenvalue weighted by atomic mass is 10.0. The van der Waals surface area contributed by atoms with Gasteiger partial charge in [0.15, 0.2) is 5.82 Å². The third-order valence-corrected chi connectivity index (χ3v) is 4.64. The second kappa shape index (κ2) is 8.25. The van der Waals surface area contributed by atoms with Crippen LogP contribution < -0.4 is 10.2 Å². The van der Waals surface area contributed by atoms with Crippen LogP contribution in [0.25, 0.3) is 11.5 Å². The van der Waals surface area contributed by atoms with Gasteiger partial charge >= 0.3 is 0 Å². The minimum Gasteiger partial charge on any atom is -0.354 e. The van der Waals surface area contributed by atoms with Crippen LogP contribution in [-0.4, -0.2) is 40.0 Å². The van der Waals surface area contributed by atoms with E-state index < -0.39 is 0 Å². The molecule has 26 heavy (non-hydrogen) atoms. The first-order chi connectivity index (χ1) is 12.6. The van der Waals surface area contributed by atoms with Crippen LogP contribution in [0.15, 0.2) is 30.5 Å². The van der Waals surface area contributed by atoms with Gasteiger partial charge in [-0.25, -0.2) is 9.97 Å². The van der Waals surface area contributed by atoms with Crippen LogP contribution in [0.2, 0.25) is 0 Å². The number of aryl methyl sites for hydroxylation is 1. The van der Waals surface area contributed by atoms with Gasteiger partial charge in [0, 0.05) is 43.0 Å². The van der Waals surface area contributed by atoms with Crippen molar-refractivity contribution in [2.75, 3.05) is 18.0 Å². The molecule has 3 heterocycles. The number of pyridine rings is 1. The summed E-state index contributed by atoms with van der Waals surface area (Å²) in [5, 5.41) is 3.16. The normalized spacial score (nSPS) is 17.4. The molecule has 1 unspecified atom stereocenters. The number of nitrogens with zero attached hydrogens (tertiary/aromatic N) is 4. The number of carbonyl (C=O) groups excluding carboxylic acids is 1. The highest BCUT2D eigenvalue weighted by molar-refractivity contribution is 5.78. The lowest BCUT2D eigenvalue weighted by Crippen LogP contribution is -2.49. The average Bonchev–Trinajstić information content (AvgIpc) is 2.68. The van der Waals surface area contributed by atoms with Crippen LogP contribution in [0, 0.1) is 5.92 Å². The predicted octanol–water partition coefficient (Wildman–Crippen LogP) is 2.84. The number of carbonyl (C=O) groups is 1. The van der Waals surface area contributed by atoms with E-state index in [4.69, 9.17) is 4.98 Å². The van der Waals surface area contributed by atoms with Crippen molar-refractivity contribution < 1.29 is 4.79 Å². The largest absolute Gasteiger partial charge is 0.354 e. The lowest BCUT2D eigenvalue weighted by molar-refractivity contribution is -0.124. The minimum absolute atomic E-state index is 0.00637. The average molecular weight is 353 g/mol. The zero-order chi connectivity index (χ0) is 18.5. The number of nitrogens with one attached hydrogen (secondary N) is 1. The molecular weight excluding hydrogens is 326 g/mol. The molecule has 138 valence electrons. The Labute approximate surface area is 155 Å². The van der Waals surface area contributed by atoms with E-state index in [9.17, 15) is 4.79 Å². The van der Waals surface area contributed by atoms with Gasteiger partial charge in [0.1, 0.15) is 11.5 Å². The van der Waals surface area contributed by atoms with Crippen molar-refractivity contribution in [3.05, 3.63) is 36.2 Å². The lowest BCUT2D eigenvalue weighted by Gasteiger charge is -2.34. The zero-order valence-corrected chi connectivity index (χ0v) is 15.8. The molecule has 1 amide bonds. The van der Waals surface area contributed by atoms with Crippen molar-refractivity contribution in [2.24, 2.45) is 5.92 Å². The molecule has 2 aromatic heterocycles. The van der Waals surface area contributed by atoms with Crippen molar-refractivity contribution >= 4 is 11.7 Å². The van der Waals surface area contributed by atoms with Gasteiger partial charge in [-0.2, -0.15) is 0 Å². The molecule has 0 bridgehead atoms. The Kier molecular flexibility index (Phi) is 5.81. The Morgan fingerprint density at radius 3 is 2.88 bits per heavy atom. The highest BCUT2D eigenvalue weighted by Crippen LogP contribution is 2.22. The van der Waals surface area contributed by atoms with Gasteiger partial charge < -0.3 is 10.2 Å². The van der Waals surface area contributed by atoms with Crippen molar-refractivity contribution in [1.82, 2.24) is 20.3 Å². The molecule has 2 aromatic rings. The van der Waals surface area contributed by atoms with Gasteiger partial charge in [0.2, 0.25) is 5.91 Å². The van der Waals surface area contributed by atoms with Gasteiger partial charge in [-0.05, 0) is 31.4 Å². The molecule has 1 aliphatic heterocycles. The molecule has 1 saturated heterocycles. The smallest absolute Gasteiger partial charge is 0.222 e. The molecule has 3 rings (SSSR count). The van der Waals surface area contributed by atoms with Crippen LogP contribution in [0.4, 0.5) is 5.82 Å². The van der Waals surface area contributed by atoms with Gasteiger partial charge in [-0.3, -0.25) is 9.78 Å². The quantitative estimate of drug-likeness (QED) is 0.895. The third-order valence-electron chi connectivity index (χ3n) is 4.64. The molecule has 0 spiro atoms. The Bertz CT molecular complexity index is 747. The van der Waals surface area contributed by atoms with Gasteiger partial charge in [-0.1, -0.05) is 26.8 Å². The second-order valence-corrected chi connectivity index (χ2v) is 7.06. The Morgan fingerprint density at radius 2 is 2.19 bits per heavy atom. The zero-order valence-electron chi connectivity index (χ0n) is 15.8. The summed E-state index contributed by atoms with van der Waals surface area (Å²) in [6.45, 7) is 7.66. The van der Waals surface area contributed by atoms with Gasteiger partial charge in [-0.15, -0.1) is 0 Å². The number of hydrogen-bond donors (Lipinski definition) is 1. The summed E-state index contributed by atoms with van der Waals surface area (Å²) in [5.74, 6) is 1.70. The number of rotatable bonds is 5. The number of aromatic nitrogens is 3. The Hall–Kier alpha value is -2.50. The minimum atomic E-state index is 0.00637. The summed E-state index contributed by atoms with van der Waals surface area (Å²) < 4.78 is 0.